The van der Waals surface area contributed by atoms with E-state index in [1.54, 1.807) is 0 Å². The summed E-state index contributed by atoms with van der Waals surface area (Å²) in [6.07, 6.45) is 2.11. The first-order chi connectivity index (χ1) is 7.36. The maximum Gasteiger partial charge on any atom is 0.211 e. The van der Waals surface area contributed by atoms with Gasteiger partial charge < -0.3 is 17.0 Å². The fraction of sp³-hybridized carbons (Fsp3) is 0.0714. The standard InChI is InChI=1S/C14H12N.BrH/c1-11-14-8-3-2-6-12(14)10-13-7-4-5-9-15(11)13;/h2-10H,1H3;1H/q+1;/p-1. The van der Waals surface area contributed by atoms with Crippen LogP contribution in [0.5, 0.6) is 0 Å². The third-order valence-corrected chi connectivity index (χ3v) is 2.91. The molecular weight excluding hydrogens is 262 g/mol. The first-order valence-electron chi connectivity index (χ1n) is 5.15. The fourth-order valence-electron chi connectivity index (χ4n) is 2.12. The van der Waals surface area contributed by atoms with Gasteiger partial charge in [0.1, 0.15) is 0 Å². The largest absolute Gasteiger partial charge is 1.00 e. The summed E-state index contributed by atoms with van der Waals surface area (Å²) in [4.78, 5) is 0. The van der Waals surface area contributed by atoms with Crippen molar-refractivity contribution in [2.24, 2.45) is 0 Å². The molecule has 2 heterocycles. The van der Waals surface area contributed by atoms with Crippen molar-refractivity contribution < 1.29 is 21.4 Å². The highest BCUT2D eigenvalue weighted by molar-refractivity contribution is 5.85. The molecule has 3 aromatic rings. The molecular formula is C14H12BrN. The van der Waals surface area contributed by atoms with Crippen LogP contribution in [0.25, 0.3) is 16.3 Å². The Bertz CT molecular complexity index is 592. The van der Waals surface area contributed by atoms with E-state index in [9.17, 15) is 0 Å². The van der Waals surface area contributed by atoms with Gasteiger partial charge in [0, 0.05) is 30.5 Å². The van der Waals surface area contributed by atoms with Gasteiger partial charge in [-0.3, -0.25) is 0 Å². The highest BCUT2D eigenvalue weighted by Crippen LogP contribution is 2.16. The van der Waals surface area contributed by atoms with Gasteiger partial charge >= 0.3 is 0 Å². The second kappa shape index (κ2) is 4.22. The minimum Gasteiger partial charge on any atom is -1.00 e. The Hall–Kier alpha value is -1.41. The van der Waals surface area contributed by atoms with Gasteiger partial charge in [-0.1, -0.05) is 18.2 Å². The van der Waals surface area contributed by atoms with Crippen LogP contribution in [-0.4, -0.2) is 0 Å². The number of hydrogen-bond acceptors (Lipinski definition) is 0. The molecule has 0 unspecified atom stereocenters. The third kappa shape index (κ3) is 1.59. The molecule has 0 aliphatic heterocycles. The molecule has 0 fully saturated rings. The van der Waals surface area contributed by atoms with Gasteiger partial charge in [0.15, 0.2) is 11.9 Å². The number of rotatable bonds is 0. The second-order valence-corrected chi connectivity index (χ2v) is 3.81. The summed E-state index contributed by atoms with van der Waals surface area (Å²) in [7, 11) is 0. The third-order valence-electron chi connectivity index (χ3n) is 2.91. The van der Waals surface area contributed by atoms with Crippen LogP contribution >= 0.6 is 0 Å². The number of aryl methyl sites for hydroxylation is 1. The smallest absolute Gasteiger partial charge is 0.211 e. The lowest BCUT2D eigenvalue weighted by Crippen LogP contribution is -3.00. The monoisotopic (exact) mass is 273 g/mol. The Kier molecular flexibility index (Phi) is 2.92. The van der Waals surface area contributed by atoms with Crippen LogP contribution in [0.2, 0.25) is 0 Å². The Labute approximate surface area is 105 Å². The minimum absolute atomic E-state index is 0. The summed E-state index contributed by atoms with van der Waals surface area (Å²) in [6.45, 7) is 2.16. The maximum absolute atomic E-state index is 2.22. The molecule has 0 spiro atoms. The highest BCUT2D eigenvalue weighted by Gasteiger charge is 2.09. The van der Waals surface area contributed by atoms with Crippen LogP contribution in [0.1, 0.15) is 5.69 Å². The topological polar surface area (TPSA) is 4.10 Å². The zero-order chi connectivity index (χ0) is 10.3. The molecule has 1 aromatic carbocycles. The molecule has 0 atom stereocenters. The van der Waals surface area contributed by atoms with E-state index in [0.717, 1.165) is 0 Å². The van der Waals surface area contributed by atoms with Crippen LogP contribution in [-0.2, 0) is 0 Å². The van der Waals surface area contributed by atoms with Crippen molar-refractivity contribution in [1.82, 2.24) is 0 Å². The van der Waals surface area contributed by atoms with Crippen LogP contribution < -0.4 is 21.4 Å². The zero-order valence-electron chi connectivity index (χ0n) is 9.02. The van der Waals surface area contributed by atoms with E-state index in [2.05, 4.69) is 66.1 Å². The highest BCUT2D eigenvalue weighted by atomic mass is 79.9. The summed E-state index contributed by atoms with van der Waals surface area (Å²) < 4.78 is 2.22. The number of halogens is 1. The molecule has 2 heteroatoms. The Morgan fingerprint density at radius 2 is 1.69 bits per heavy atom. The average molecular weight is 274 g/mol. The van der Waals surface area contributed by atoms with Crippen molar-refractivity contribution >= 4 is 16.3 Å². The quantitative estimate of drug-likeness (QED) is 0.398. The maximum atomic E-state index is 2.22. The molecule has 0 aliphatic carbocycles. The first-order valence-corrected chi connectivity index (χ1v) is 5.15. The van der Waals surface area contributed by atoms with Gasteiger partial charge in [-0.2, -0.15) is 4.40 Å². The van der Waals surface area contributed by atoms with E-state index < -0.39 is 0 Å². The molecule has 0 N–H and O–H groups in total. The lowest BCUT2D eigenvalue weighted by Gasteiger charge is -2.00. The van der Waals surface area contributed by atoms with Crippen LogP contribution in [0, 0.1) is 6.92 Å². The predicted molar refractivity (Wildman–Crippen MR) is 61.8 cm³/mol. The molecule has 2 aromatic heterocycles. The molecule has 0 amide bonds. The number of fused-ring (bicyclic) bond motifs is 2. The first kappa shape index (κ1) is 11.1. The SMILES string of the molecule is Cc1c2ccccc2cc2cccc[n+]12.[Br-]. The summed E-state index contributed by atoms with van der Waals surface area (Å²) in [6, 6.07) is 17.0. The van der Waals surface area contributed by atoms with E-state index in [0.29, 0.717) is 0 Å². The van der Waals surface area contributed by atoms with Gasteiger partial charge in [0.25, 0.3) is 0 Å². The molecule has 0 aliphatic rings. The Morgan fingerprint density at radius 1 is 0.938 bits per heavy atom. The van der Waals surface area contributed by atoms with Crippen molar-refractivity contribution in [3.05, 3.63) is 60.4 Å². The number of nitrogens with zero attached hydrogens (tertiary/aromatic N) is 1. The van der Waals surface area contributed by atoms with Crippen molar-refractivity contribution in [2.45, 2.75) is 6.92 Å². The molecule has 16 heavy (non-hydrogen) atoms. The number of benzene rings is 1. The molecule has 1 nitrogen and oxygen atoms in total. The molecule has 0 saturated carbocycles. The van der Waals surface area contributed by atoms with E-state index in [1.165, 1.54) is 22.0 Å². The summed E-state index contributed by atoms with van der Waals surface area (Å²) in [5.41, 5.74) is 2.54. The van der Waals surface area contributed by atoms with Crippen molar-refractivity contribution in [3.63, 3.8) is 0 Å². The van der Waals surface area contributed by atoms with Gasteiger partial charge in [0.2, 0.25) is 5.52 Å². The van der Waals surface area contributed by atoms with Crippen LogP contribution in [0.3, 0.4) is 0 Å². The van der Waals surface area contributed by atoms with Gasteiger partial charge in [-0.25, -0.2) is 0 Å². The average Bonchev–Trinajstić information content (AvgIpc) is 2.30. The Balaban J connectivity index is 0.000000963. The lowest BCUT2D eigenvalue weighted by molar-refractivity contribution is -0.518. The summed E-state index contributed by atoms with van der Waals surface area (Å²) in [5, 5.41) is 2.63. The number of aromatic nitrogens is 1. The van der Waals surface area contributed by atoms with Crippen molar-refractivity contribution in [1.29, 1.82) is 0 Å². The van der Waals surface area contributed by atoms with Crippen LogP contribution in [0.15, 0.2) is 54.7 Å². The van der Waals surface area contributed by atoms with E-state index in [-0.39, 0.29) is 17.0 Å². The zero-order valence-corrected chi connectivity index (χ0v) is 10.6. The molecule has 0 bridgehead atoms. The lowest BCUT2D eigenvalue weighted by atomic mass is 10.1. The number of pyridine rings is 2. The molecule has 0 radical (unpaired) electrons. The Morgan fingerprint density at radius 3 is 2.56 bits per heavy atom. The molecule has 0 saturated heterocycles. The van der Waals surface area contributed by atoms with Gasteiger partial charge in [-0.05, 0) is 17.5 Å². The number of hydrogen-bond donors (Lipinski definition) is 0. The predicted octanol–water partition coefficient (Wildman–Crippen LogP) is -0.109. The van der Waals surface area contributed by atoms with E-state index in [4.69, 9.17) is 0 Å². The summed E-state index contributed by atoms with van der Waals surface area (Å²) >= 11 is 0. The van der Waals surface area contributed by atoms with E-state index in [1.807, 2.05) is 0 Å². The van der Waals surface area contributed by atoms with Crippen molar-refractivity contribution in [2.75, 3.05) is 0 Å². The van der Waals surface area contributed by atoms with Crippen LogP contribution in [0.4, 0.5) is 0 Å². The van der Waals surface area contributed by atoms with Crippen molar-refractivity contribution in [3.8, 4) is 0 Å². The summed E-state index contributed by atoms with van der Waals surface area (Å²) in [5.74, 6) is 0. The fourth-order valence-corrected chi connectivity index (χ4v) is 2.12. The van der Waals surface area contributed by atoms with Gasteiger partial charge in [0.05, 0.1) is 0 Å². The second-order valence-electron chi connectivity index (χ2n) is 3.81. The molecule has 3 rings (SSSR count). The minimum atomic E-state index is 0. The van der Waals surface area contributed by atoms with E-state index >= 15 is 0 Å². The normalized spacial score (nSPS) is 10.3. The molecule has 80 valence electrons. The van der Waals surface area contributed by atoms with Gasteiger partial charge in [-0.15, -0.1) is 0 Å².